The van der Waals surface area contributed by atoms with Crippen LogP contribution in [-0.4, -0.2) is 142 Å². The number of aliphatic hydroxyl groups is 5. The molecular formula is C37H55N12O13P. The highest BCUT2D eigenvalue weighted by Crippen LogP contribution is 2.44. The Morgan fingerprint density at radius 3 is 1.59 bits per heavy atom. The highest BCUT2D eigenvalue weighted by molar-refractivity contribution is 7.54. The van der Waals surface area contributed by atoms with Crippen molar-refractivity contribution >= 4 is 42.3 Å². The van der Waals surface area contributed by atoms with Crippen LogP contribution in [0.3, 0.4) is 0 Å². The largest absolute Gasteiger partial charge is 0.465 e. The molecule has 26 heteroatoms. The van der Waals surface area contributed by atoms with E-state index in [0.717, 1.165) is 6.33 Å². The molecule has 2 aliphatic rings. The van der Waals surface area contributed by atoms with E-state index in [1.54, 1.807) is 19.9 Å². The van der Waals surface area contributed by atoms with Crippen LogP contribution < -0.4 is 21.6 Å². The normalized spacial score (nSPS) is 26.2. The van der Waals surface area contributed by atoms with Gasteiger partial charge in [0.05, 0.1) is 37.8 Å². The molecule has 346 valence electrons. The third kappa shape index (κ3) is 10.2. The summed E-state index contributed by atoms with van der Waals surface area (Å²) in [6.07, 6.45) is -6.46. The summed E-state index contributed by atoms with van der Waals surface area (Å²) in [7, 11) is -4.24. The number of hydrogen-bond acceptors (Lipinski definition) is 21. The van der Waals surface area contributed by atoms with E-state index in [0.29, 0.717) is 11.0 Å². The summed E-state index contributed by atoms with van der Waals surface area (Å²) in [6.45, 7) is 8.94. The number of hydrogen-bond donors (Lipinski definition) is 9. The van der Waals surface area contributed by atoms with Crippen molar-refractivity contribution in [3.63, 3.8) is 0 Å². The summed E-state index contributed by atoms with van der Waals surface area (Å²) in [6, 6.07) is 7.55. The molecule has 2 saturated heterocycles. The lowest BCUT2D eigenvalue weighted by Crippen LogP contribution is -2.43. The molecule has 11 N–H and O–H groups in total. The van der Waals surface area contributed by atoms with Crippen LogP contribution in [0.4, 0.5) is 11.6 Å². The van der Waals surface area contributed by atoms with E-state index < -0.39 is 92.7 Å². The number of nitrogens with one attached hydrogen (secondary N) is 2. The lowest BCUT2D eigenvalue weighted by atomic mass is 9.92. The fourth-order valence-electron chi connectivity index (χ4n) is 6.55. The molecule has 63 heavy (non-hydrogen) atoms. The zero-order valence-corrected chi connectivity index (χ0v) is 35.5. The molecule has 0 saturated carbocycles. The summed E-state index contributed by atoms with van der Waals surface area (Å²) in [5.74, 6) is -1.15. The van der Waals surface area contributed by atoms with E-state index in [9.17, 15) is 50.2 Å². The van der Waals surface area contributed by atoms with Crippen molar-refractivity contribution in [3.8, 4) is 12.1 Å². The van der Waals surface area contributed by atoms with Gasteiger partial charge < -0.3 is 60.5 Å². The Hall–Kier alpha value is -5.41. The van der Waals surface area contributed by atoms with Gasteiger partial charge >= 0.3 is 19.6 Å². The van der Waals surface area contributed by atoms with E-state index in [4.69, 9.17) is 34.9 Å². The van der Waals surface area contributed by atoms with Gasteiger partial charge in [-0.1, -0.05) is 21.3 Å². The first-order chi connectivity index (χ1) is 29.5. The summed E-state index contributed by atoms with van der Waals surface area (Å²) < 4.78 is 42.9. The molecule has 0 bridgehead atoms. The molecule has 4 aromatic rings. The number of aromatic nitrogens is 6. The van der Waals surface area contributed by atoms with E-state index in [1.807, 2.05) is 26.0 Å². The predicted octanol–water partition coefficient (Wildman–Crippen LogP) is -0.836. The Balaban J connectivity index is 0.000000369. The predicted molar refractivity (Wildman–Crippen MR) is 220 cm³/mol. The van der Waals surface area contributed by atoms with Crippen LogP contribution in [0.15, 0.2) is 36.9 Å². The third-order valence-electron chi connectivity index (χ3n) is 9.58. The summed E-state index contributed by atoms with van der Waals surface area (Å²) in [4.78, 5) is 32.0. The molecule has 0 aromatic carbocycles. The molecule has 2 aliphatic heterocycles. The second kappa shape index (κ2) is 21.8. The number of nitrogens with zero attached hydrogens (tertiary/aromatic N) is 8. The van der Waals surface area contributed by atoms with Crippen LogP contribution >= 0.6 is 7.67 Å². The van der Waals surface area contributed by atoms with Crippen molar-refractivity contribution in [2.24, 2.45) is 0 Å². The minimum Gasteiger partial charge on any atom is -0.465 e. The Bertz CT molecular complexity index is 2290. The molecule has 0 unspecified atom stereocenters. The number of carbonyl (C=O) groups excluding carboxylic acids is 2. The van der Waals surface area contributed by atoms with Crippen LogP contribution in [0.5, 0.6) is 0 Å². The van der Waals surface area contributed by atoms with E-state index in [1.165, 1.54) is 47.4 Å². The fraction of sp³-hybridized carbons (Fsp3) is 0.568. The maximum Gasteiger partial charge on any atom is 0.342 e. The fourth-order valence-corrected chi connectivity index (χ4v) is 8.36. The maximum atomic E-state index is 13.7. The van der Waals surface area contributed by atoms with Crippen molar-refractivity contribution < 1.29 is 63.2 Å². The van der Waals surface area contributed by atoms with Crippen molar-refractivity contribution in [3.05, 3.63) is 48.3 Å². The third-order valence-corrected chi connectivity index (χ3v) is 11.5. The SMILES string of the molecule is C.CC.CCOC(=O)[C@H](C)NP(=O)(N[C@@H](C)C(=O)OCC)OC[C@H]1O[C@@](C#N)(c2ccc3c(N)ncnn23)[C@H](O)[C@@H]1O.N#C[C@@]1(c2ccc3c(N)ncnn23)O[C@H](CO)[C@@H](O)[C@H]1O. The number of nitriles is 2. The van der Waals surface area contributed by atoms with Gasteiger partial charge in [0.2, 0.25) is 11.2 Å². The lowest BCUT2D eigenvalue weighted by Gasteiger charge is -2.27. The summed E-state index contributed by atoms with van der Waals surface area (Å²) in [5, 5.41) is 83.5. The lowest BCUT2D eigenvalue weighted by molar-refractivity contribution is -0.145. The number of esters is 2. The van der Waals surface area contributed by atoms with Gasteiger partial charge in [0.25, 0.3) is 0 Å². The maximum absolute atomic E-state index is 13.7. The molecule has 25 nitrogen and oxygen atoms in total. The van der Waals surface area contributed by atoms with Crippen LogP contribution in [0.1, 0.15) is 60.4 Å². The molecule has 0 spiro atoms. The highest BCUT2D eigenvalue weighted by Gasteiger charge is 2.59. The number of nitrogens with two attached hydrogens (primary N) is 2. The first-order valence-corrected chi connectivity index (χ1v) is 20.9. The molecule has 6 rings (SSSR count). The van der Waals surface area contributed by atoms with Crippen molar-refractivity contribution in [2.45, 2.75) is 109 Å². The monoisotopic (exact) mass is 906 g/mol. The molecule has 4 aromatic heterocycles. The van der Waals surface area contributed by atoms with Crippen molar-refractivity contribution in [1.29, 1.82) is 10.5 Å². The number of nitrogen functional groups attached to an aromatic ring is 2. The first kappa shape index (κ1) is 51.9. The average molecular weight is 907 g/mol. The molecule has 10 atom stereocenters. The molecule has 0 aliphatic carbocycles. The van der Waals surface area contributed by atoms with Crippen LogP contribution in [0.25, 0.3) is 11.0 Å². The second-order valence-corrected chi connectivity index (χ2v) is 15.3. The van der Waals surface area contributed by atoms with Crippen molar-refractivity contribution in [1.82, 2.24) is 39.4 Å². The second-order valence-electron chi connectivity index (χ2n) is 13.4. The smallest absolute Gasteiger partial charge is 0.342 e. The molecule has 6 heterocycles. The van der Waals surface area contributed by atoms with Crippen LogP contribution in [-0.2, 0) is 48.8 Å². The number of ether oxygens (including phenoxy) is 4. The zero-order chi connectivity index (χ0) is 46.2. The minimum atomic E-state index is -4.24. The Morgan fingerprint density at radius 1 is 0.825 bits per heavy atom. The molecule has 0 radical (unpaired) electrons. The number of fused-ring (bicyclic) bond motifs is 2. The van der Waals surface area contributed by atoms with Gasteiger partial charge in [-0.2, -0.15) is 20.7 Å². The standard InChI is InChI=1S/C22H32N7O9P.C12H13N5O4.C2H6.CH4/c1-5-35-20(32)12(3)27-39(34,28-13(4)21(33)36-6-2)37-9-15-17(30)18(31)22(10-23,38-15)16-8-7-14-19(24)25-11-26-29(14)16;13-4-12(10(20)9(19)7(3-18)21-12)8-2-1-6-11(14)15-5-16-17(6)8;1-2;/h7-8,11-13,15,17-18,30-31H,5-6,9H2,1-4H3,(H2,24,25,26)(H2,27,28,34);1-2,5,7,9-10,18-20H,3H2,(H2,14,15,16);1-2H3;1H4/t12-,13-,15+,17+,18+,22-;7-,9-,10-,12+;;/m01../s1. The van der Waals surface area contributed by atoms with Gasteiger partial charge in [0.15, 0.2) is 11.6 Å². The number of rotatable bonds is 14. The van der Waals surface area contributed by atoms with E-state index in [-0.39, 0.29) is 43.7 Å². The highest BCUT2D eigenvalue weighted by atomic mass is 31.2. The van der Waals surface area contributed by atoms with Gasteiger partial charge in [-0.3, -0.25) is 14.2 Å². The Morgan fingerprint density at radius 2 is 1.22 bits per heavy atom. The zero-order valence-electron chi connectivity index (χ0n) is 34.6. The van der Waals surface area contributed by atoms with Gasteiger partial charge in [-0.25, -0.2) is 29.2 Å². The number of aliphatic hydroxyl groups excluding tert-OH is 5. The molecule has 0 amide bonds. The van der Waals surface area contributed by atoms with Gasteiger partial charge in [-0.05, 0) is 52.0 Å². The van der Waals surface area contributed by atoms with Gasteiger partial charge in [-0.15, -0.1) is 0 Å². The van der Waals surface area contributed by atoms with Gasteiger partial charge in [0, 0.05) is 0 Å². The molecular weight excluding hydrogens is 851 g/mol. The Kier molecular flexibility index (Phi) is 18.0. The first-order valence-electron chi connectivity index (χ1n) is 19.3. The quantitative estimate of drug-likeness (QED) is 0.0550. The Labute approximate surface area is 362 Å². The number of anilines is 2. The topological polar surface area (TPSA) is 383 Å². The van der Waals surface area contributed by atoms with Gasteiger partial charge in [0.1, 0.15) is 84.5 Å². The van der Waals surface area contributed by atoms with E-state index in [2.05, 4.69) is 30.3 Å². The summed E-state index contributed by atoms with van der Waals surface area (Å²) in [5.41, 5.74) is 8.68. The van der Waals surface area contributed by atoms with Crippen molar-refractivity contribution in [2.75, 3.05) is 37.9 Å². The average Bonchev–Trinajstić information content (AvgIpc) is 4.02. The minimum absolute atomic E-state index is 0. The van der Waals surface area contributed by atoms with Crippen LogP contribution in [0, 0.1) is 22.7 Å². The number of carbonyl (C=O) groups is 2. The summed E-state index contributed by atoms with van der Waals surface area (Å²) >= 11 is 0. The van der Waals surface area contributed by atoms with E-state index >= 15 is 0 Å². The van der Waals surface area contributed by atoms with Crippen LogP contribution in [0.2, 0.25) is 0 Å². The molecule has 2 fully saturated rings.